The molecule has 3 heteroatoms. The summed E-state index contributed by atoms with van der Waals surface area (Å²) in [4.78, 5) is 11.9. The van der Waals surface area contributed by atoms with E-state index in [0.717, 1.165) is 24.9 Å². The molecule has 3 nitrogen and oxygen atoms in total. The maximum atomic E-state index is 11.9. The van der Waals surface area contributed by atoms with Gasteiger partial charge in [0.25, 0.3) is 0 Å². The van der Waals surface area contributed by atoms with Crippen LogP contribution in [0.5, 0.6) is 5.75 Å². The zero-order valence-electron chi connectivity index (χ0n) is 11.0. The standard InChI is InChI=1S/C15H21NO2/c1-10(2)7-8-16-15(18)14-9-13(14)11-3-5-12(17)6-4-11/h3-6,10,13-14,17H,7-9H2,1-2H3,(H,16,18). The average Bonchev–Trinajstić information content (AvgIpc) is 3.09. The molecule has 0 saturated heterocycles. The predicted octanol–water partition coefficient (Wildman–Crippen LogP) is 2.66. The monoisotopic (exact) mass is 247 g/mol. The van der Waals surface area contributed by atoms with Gasteiger partial charge in [-0.25, -0.2) is 0 Å². The molecule has 2 atom stereocenters. The van der Waals surface area contributed by atoms with Crippen molar-refractivity contribution < 1.29 is 9.90 Å². The van der Waals surface area contributed by atoms with Crippen molar-refractivity contribution in [3.8, 4) is 5.75 Å². The molecule has 1 aromatic carbocycles. The second-order valence-corrected chi connectivity index (χ2v) is 5.51. The third-order valence-electron chi connectivity index (χ3n) is 3.47. The number of phenolic OH excluding ortho intramolecular Hbond substituents is 1. The number of carbonyl (C=O) groups is 1. The Balaban J connectivity index is 1.80. The molecule has 98 valence electrons. The molecule has 2 unspecified atom stereocenters. The molecular formula is C15H21NO2. The fraction of sp³-hybridized carbons (Fsp3) is 0.533. The van der Waals surface area contributed by atoms with Gasteiger partial charge in [0.2, 0.25) is 5.91 Å². The molecule has 0 radical (unpaired) electrons. The highest BCUT2D eigenvalue weighted by atomic mass is 16.3. The van der Waals surface area contributed by atoms with Crippen LogP contribution in [0.25, 0.3) is 0 Å². The second kappa shape index (κ2) is 5.42. The molecule has 1 amide bonds. The van der Waals surface area contributed by atoms with Crippen LogP contribution in [0.1, 0.15) is 38.2 Å². The molecule has 18 heavy (non-hydrogen) atoms. The van der Waals surface area contributed by atoms with E-state index in [2.05, 4.69) is 19.2 Å². The second-order valence-electron chi connectivity index (χ2n) is 5.51. The topological polar surface area (TPSA) is 49.3 Å². The summed E-state index contributed by atoms with van der Waals surface area (Å²) in [5.74, 6) is 1.54. The van der Waals surface area contributed by atoms with Crippen molar-refractivity contribution in [2.45, 2.75) is 32.6 Å². The molecule has 1 aromatic rings. The van der Waals surface area contributed by atoms with Crippen molar-refractivity contribution >= 4 is 5.91 Å². The predicted molar refractivity (Wildman–Crippen MR) is 71.4 cm³/mol. The number of benzene rings is 1. The van der Waals surface area contributed by atoms with Crippen molar-refractivity contribution in [1.82, 2.24) is 5.32 Å². The molecule has 0 aromatic heterocycles. The summed E-state index contributed by atoms with van der Waals surface area (Å²) in [6, 6.07) is 7.17. The van der Waals surface area contributed by atoms with E-state index in [1.165, 1.54) is 0 Å². The number of carbonyl (C=O) groups excluding carboxylic acids is 1. The number of phenols is 1. The lowest BCUT2D eigenvalue weighted by molar-refractivity contribution is -0.122. The van der Waals surface area contributed by atoms with Gasteiger partial charge in [-0.3, -0.25) is 4.79 Å². The highest BCUT2D eigenvalue weighted by molar-refractivity contribution is 5.82. The normalized spacial score (nSPS) is 21.9. The van der Waals surface area contributed by atoms with E-state index >= 15 is 0 Å². The molecule has 1 aliphatic rings. The van der Waals surface area contributed by atoms with Gasteiger partial charge in [-0.05, 0) is 42.4 Å². The summed E-state index contributed by atoms with van der Waals surface area (Å²) >= 11 is 0. The van der Waals surface area contributed by atoms with Crippen LogP contribution in [0.2, 0.25) is 0 Å². The Hall–Kier alpha value is -1.51. The molecule has 0 aliphatic heterocycles. The molecule has 2 rings (SSSR count). The lowest BCUT2D eigenvalue weighted by Gasteiger charge is -2.07. The number of hydrogen-bond donors (Lipinski definition) is 2. The Morgan fingerprint density at radius 1 is 1.39 bits per heavy atom. The van der Waals surface area contributed by atoms with Gasteiger partial charge in [-0.2, -0.15) is 0 Å². The molecule has 1 fully saturated rings. The van der Waals surface area contributed by atoms with E-state index in [4.69, 9.17) is 0 Å². The van der Waals surface area contributed by atoms with Gasteiger partial charge in [0.1, 0.15) is 5.75 Å². The third kappa shape index (κ3) is 3.25. The van der Waals surface area contributed by atoms with E-state index in [1.807, 2.05) is 12.1 Å². The molecule has 1 saturated carbocycles. The summed E-state index contributed by atoms with van der Waals surface area (Å²) in [6.45, 7) is 5.08. The maximum absolute atomic E-state index is 11.9. The van der Waals surface area contributed by atoms with Gasteiger partial charge in [0, 0.05) is 12.5 Å². The molecule has 0 heterocycles. The van der Waals surface area contributed by atoms with E-state index in [0.29, 0.717) is 11.8 Å². The van der Waals surface area contributed by atoms with Gasteiger partial charge in [0.15, 0.2) is 0 Å². The van der Waals surface area contributed by atoms with Gasteiger partial charge >= 0.3 is 0 Å². The van der Waals surface area contributed by atoms with Crippen molar-refractivity contribution in [2.75, 3.05) is 6.54 Å². The summed E-state index contributed by atoms with van der Waals surface area (Å²) in [7, 11) is 0. The fourth-order valence-corrected chi connectivity index (χ4v) is 2.19. The number of nitrogens with one attached hydrogen (secondary N) is 1. The van der Waals surface area contributed by atoms with Crippen LogP contribution in [0.15, 0.2) is 24.3 Å². The van der Waals surface area contributed by atoms with Crippen LogP contribution < -0.4 is 5.32 Å². The minimum Gasteiger partial charge on any atom is -0.508 e. The van der Waals surface area contributed by atoms with Gasteiger partial charge in [-0.15, -0.1) is 0 Å². The van der Waals surface area contributed by atoms with E-state index in [1.54, 1.807) is 12.1 Å². The Kier molecular flexibility index (Phi) is 3.90. The fourth-order valence-electron chi connectivity index (χ4n) is 2.19. The molecule has 1 aliphatic carbocycles. The summed E-state index contributed by atoms with van der Waals surface area (Å²) in [6.07, 6.45) is 1.96. The zero-order chi connectivity index (χ0) is 13.1. The van der Waals surface area contributed by atoms with Crippen molar-refractivity contribution in [3.05, 3.63) is 29.8 Å². The lowest BCUT2D eigenvalue weighted by Crippen LogP contribution is -2.27. The van der Waals surface area contributed by atoms with Crippen molar-refractivity contribution in [2.24, 2.45) is 11.8 Å². The van der Waals surface area contributed by atoms with Crippen LogP contribution >= 0.6 is 0 Å². The van der Waals surface area contributed by atoms with Gasteiger partial charge in [-0.1, -0.05) is 26.0 Å². The van der Waals surface area contributed by atoms with Gasteiger partial charge < -0.3 is 10.4 Å². The minimum atomic E-state index is 0.127. The summed E-state index contributed by atoms with van der Waals surface area (Å²) in [5.41, 5.74) is 1.15. The largest absolute Gasteiger partial charge is 0.508 e. The first-order valence-electron chi connectivity index (χ1n) is 6.64. The third-order valence-corrected chi connectivity index (χ3v) is 3.47. The van der Waals surface area contributed by atoms with Crippen LogP contribution in [-0.4, -0.2) is 17.6 Å². The molecular weight excluding hydrogens is 226 g/mol. The van der Waals surface area contributed by atoms with Crippen molar-refractivity contribution in [3.63, 3.8) is 0 Å². The average molecular weight is 247 g/mol. The van der Waals surface area contributed by atoms with Crippen LogP contribution in [0.3, 0.4) is 0 Å². The van der Waals surface area contributed by atoms with E-state index in [9.17, 15) is 9.90 Å². The molecule has 0 spiro atoms. The SMILES string of the molecule is CC(C)CCNC(=O)C1CC1c1ccc(O)cc1. The Labute approximate surface area is 108 Å². The highest BCUT2D eigenvalue weighted by Crippen LogP contribution is 2.47. The zero-order valence-corrected chi connectivity index (χ0v) is 11.0. The van der Waals surface area contributed by atoms with Gasteiger partial charge in [0.05, 0.1) is 0 Å². The maximum Gasteiger partial charge on any atom is 0.223 e. The Morgan fingerprint density at radius 3 is 2.67 bits per heavy atom. The van der Waals surface area contributed by atoms with Crippen LogP contribution in [0.4, 0.5) is 0 Å². The molecule has 0 bridgehead atoms. The summed E-state index contributed by atoms with van der Waals surface area (Å²) < 4.78 is 0. The first kappa shape index (κ1) is 12.9. The van der Waals surface area contributed by atoms with Crippen LogP contribution in [0, 0.1) is 11.8 Å². The van der Waals surface area contributed by atoms with Crippen LogP contribution in [-0.2, 0) is 4.79 Å². The number of amides is 1. The number of hydrogen-bond acceptors (Lipinski definition) is 2. The molecule has 2 N–H and O–H groups in total. The Morgan fingerprint density at radius 2 is 2.06 bits per heavy atom. The minimum absolute atomic E-state index is 0.127. The lowest BCUT2D eigenvalue weighted by atomic mass is 10.1. The summed E-state index contributed by atoms with van der Waals surface area (Å²) in [5, 5.41) is 12.2. The van der Waals surface area contributed by atoms with E-state index < -0.39 is 0 Å². The first-order valence-corrected chi connectivity index (χ1v) is 6.64. The quantitative estimate of drug-likeness (QED) is 0.840. The number of aromatic hydroxyl groups is 1. The first-order chi connectivity index (χ1) is 8.58. The van der Waals surface area contributed by atoms with E-state index in [-0.39, 0.29) is 17.6 Å². The smallest absolute Gasteiger partial charge is 0.223 e. The van der Waals surface area contributed by atoms with Crippen molar-refractivity contribution in [1.29, 1.82) is 0 Å². The number of rotatable bonds is 5. The Bertz CT molecular complexity index is 411. The highest BCUT2D eigenvalue weighted by Gasteiger charge is 2.43.